The van der Waals surface area contributed by atoms with Crippen LogP contribution in [0.5, 0.6) is 23.0 Å². The molecule has 0 aliphatic carbocycles. The smallest absolute Gasteiger partial charge is 0.343 e. The van der Waals surface area contributed by atoms with Crippen molar-refractivity contribution in [3.63, 3.8) is 0 Å². The molecule has 1 amide bonds. The maximum atomic E-state index is 13.5. The van der Waals surface area contributed by atoms with Gasteiger partial charge < -0.3 is 28.8 Å². The van der Waals surface area contributed by atoms with E-state index in [4.69, 9.17) is 18.9 Å². The van der Waals surface area contributed by atoms with Crippen LogP contribution in [0.2, 0.25) is 0 Å². The Labute approximate surface area is 254 Å². The van der Waals surface area contributed by atoms with E-state index in [-0.39, 0.29) is 11.3 Å². The number of fused-ring (bicyclic) bond motifs is 1. The molecule has 0 bridgehead atoms. The highest BCUT2D eigenvalue weighted by atomic mass is 16.5. The van der Waals surface area contributed by atoms with Crippen molar-refractivity contribution < 1.29 is 28.5 Å². The van der Waals surface area contributed by atoms with Crippen molar-refractivity contribution in [2.75, 3.05) is 40.3 Å². The molecular weight excluding hydrogens is 560 g/mol. The lowest BCUT2D eigenvalue weighted by atomic mass is 10.0. The maximum Gasteiger partial charge on any atom is 0.343 e. The number of carbonyl (C=O) groups is 2. The van der Waals surface area contributed by atoms with E-state index < -0.39 is 11.9 Å². The molecule has 5 aromatic rings. The predicted octanol–water partition coefficient (Wildman–Crippen LogP) is 5.91. The van der Waals surface area contributed by atoms with Gasteiger partial charge >= 0.3 is 5.97 Å². The molecule has 0 aliphatic heterocycles. The molecule has 0 atom stereocenters. The average Bonchev–Trinajstić information content (AvgIpc) is 3.44. The molecule has 10 nitrogen and oxygen atoms in total. The highest BCUT2D eigenvalue weighted by molar-refractivity contribution is 6.10. The van der Waals surface area contributed by atoms with Crippen LogP contribution in [-0.2, 0) is 0 Å². The zero-order valence-electron chi connectivity index (χ0n) is 25.0. The summed E-state index contributed by atoms with van der Waals surface area (Å²) in [5, 5.41) is 5.10. The Morgan fingerprint density at radius 3 is 2.16 bits per heavy atom. The number of hydrazone groups is 1. The Bertz CT molecular complexity index is 1820. The summed E-state index contributed by atoms with van der Waals surface area (Å²) < 4.78 is 21.7. The number of esters is 1. The van der Waals surface area contributed by atoms with Crippen LogP contribution in [0.15, 0.2) is 90.0 Å². The van der Waals surface area contributed by atoms with Gasteiger partial charge in [-0.2, -0.15) is 5.10 Å². The minimum atomic E-state index is -0.642. The van der Waals surface area contributed by atoms with Crippen molar-refractivity contribution >= 4 is 34.7 Å². The molecule has 0 saturated carbocycles. The number of nitrogens with one attached hydrogen (secondary N) is 2. The molecule has 0 fully saturated rings. The van der Waals surface area contributed by atoms with Crippen LogP contribution >= 0.6 is 0 Å². The highest BCUT2D eigenvalue weighted by Gasteiger charge is 2.21. The number of aromatic amines is 1. The summed E-state index contributed by atoms with van der Waals surface area (Å²) in [5.41, 5.74) is 7.17. The van der Waals surface area contributed by atoms with Crippen LogP contribution in [0, 0.1) is 0 Å². The van der Waals surface area contributed by atoms with E-state index in [2.05, 4.69) is 15.5 Å². The van der Waals surface area contributed by atoms with E-state index in [1.54, 1.807) is 24.3 Å². The quantitative estimate of drug-likeness (QED) is 0.0897. The standard InChI is InChI=1S/C34H32N4O6/c1-38(2)24-15-16-26-25(19-24)30(21-11-7-6-8-12-21)31(36-26)33(39)37-35-20-22-13-9-10-14-27(22)44-34(40)23-17-28(41-3)32(43-5)29(18-23)42-4/h6-20,36H,1-5H3,(H,37,39). The van der Waals surface area contributed by atoms with E-state index in [1.807, 2.05) is 67.5 Å². The Hall–Kier alpha value is -5.77. The van der Waals surface area contributed by atoms with E-state index >= 15 is 0 Å². The molecule has 10 heteroatoms. The number of hydrogen-bond acceptors (Lipinski definition) is 8. The molecule has 5 rings (SSSR count). The first-order valence-corrected chi connectivity index (χ1v) is 13.7. The van der Waals surface area contributed by atoms with Crippen LogP contribution in [-0.4, -0.2) is 58.5 Å². The van der Waals surface area contributed by atoms with Gasteiger partial charge in [0.1, 0.15) is 11.4 Å². The number of anilines is 1. The van der Waals surface area contributed by atoms with Crippen molar-refractivity contribution in [2.45, 2.75) is 0 Å². The first-order valence-electron chi connectivity index (χ1n) is 13.7. The number of ether oxygens (including phenoxy) is 4. The summed E-state index contributed by atoms with van der Waals surface area (Å²) in [4.78, 5) is 31.8. The van der Waals surface area contributed by atoms with Gasteiger partial charge in [-0.3, -0.25) is 4.79 Å². The van der Waals surface area contributed by atoms with E-state index in [9.17, 15) is 9.59 Å². The molecule has 1 aromatic heterocycles. The second-order valence-corrected chi connectivity index (χ2v) is 9.91. The van der Waals surface area contributed by atoms with Crippen LogP contribution in [0.4, 0.5) is 5.69 Å². The zero-order valence-corrected chi connectivity index (χ0v) is 25.0. The third-order valence-corrected chi connectivity index (χ3v) is 6.98. The van der Waals surface area contributed by atoms with E-state index in [1.165, 1.54) is 39.7 Å². The number of carbonyl (C=O) groups excluding carboxylic acids is 2. The van der Waals surface area contributed by atoms with Crippen LogP contribution in [0.3, 0.4) is 0 Å². The molecule has 4 aromatic carbocycles. The molecule has 0 saturated heterocycles. The van der Waals surface area contributed by atoms with Crippen LogP contribution in [0.1, 0.15) is 26.4 Å². The van der Waals surface area contributed by atoms with Gasteiger partial charge in [0.15, 0.2) is 11.5 Å². The van der Waals surface area contributed by atoms with Gasteiger partial charge in [0, 0.05) is 41.8 Å². The number of rotatable bonds is 10. The third-order valence-electron chi connectivity index (χ3n) is 6.98. The number of hydrogen-bond donors (Lipinski definition) is 2. The Morgan fingerprint density at radius 1 is 0.818 bits per heavy atom. The summed E-state index contributed by atoms with van der Waals surface area (Å²) in [5.74, 6) is 0.183. The first kappa shape index (κ1) is 29.7. The molecule has 0 radical (unpaired) electrons. The number of nitrogens with zero attached hydrogens (tertiary/aromatic N) is 2. The fourth-order valence-electron chi connectivity index (χ4n) is 4.79. The number of para-hydroxylation sites is 1. The predicted molar refractivity (Wildman–Crippen MR) is 171 cm³/mol. The molecule has 44 heavy (non-hydrogen) atoms. The largest absolute Gasteiger partial charge is 0.493 e. The number of H-pyrrole nitrogens is 1. The number of methoxy groups -OCH3 is 3. The summed E-state index contributed by atoms with van der Waals surface area (Å²) in [6, 6.07) is 25.6. The maximum absolute atomic E-state index is 13.5. The lowest BCUT2D eigenvalue weighted by Crippen LogP contribution is -2.19. The van der Waals surface area contributed by atoms with Gasteiger partial charge in [0.2, 0.25) is 5.75 Å². The average molecular weight is 593 g/mol. The van der Waals surface area contributed by atoms with Gasteiger partial charge in [-0.05, 0) is 48.0 Å². The van der Waals surface area contributed by atoms with Gasteiger partial charge in [0.05, 0.1) is 33.1 Å². The number of benzene rings is 4. The second-order valence-electron chi connectivity index (χ2n) is 9.91. The summed E-state index contributed by atoms with van der Waals surface area (Å²) >= 11 is 0. The Kier molecular flexibility index (Phi) is 8.80. The molecule has 1 heterocycles. The topological polar surface area (TPSA) is 114 Å². The molecule has 0 unspecified atom stereocenters. The zero-order chi connectivity index (χ0) is 31.2. The van der Waals surface area contributed by atoms with Crippen molar-refractivity contribution in [3.05, 3.63) is 102 Å². The highest BCUT2D eigenvalue weighted by Crippen LogP contribution is 2.38. The molecular formula is C34H32N4O6. The normalized spacial score (nSPS) is 10.9. The minimum absolute atomic E-state index is 0.198. The Morgan fingerprint density at radius 2 is 1.50 bits per heavy atom. The van der Waals surface area contributed by atoms with Gasteiger partial charge in [-0.1, -0.05) is 42.5 Å². The van der Waals surface area contributed by atoms with Gasteiger partial charge in [0.25, 0.3) is 5.91 Å². The SMILES string of the molecule is COc1cc(C(=O)Oc2ccccc2C=NNC(=O)c2[nH]c3ccc(N(C)C)cc3c2-c2ccccc2)cc(OC)c1OC. The van der Waals surface area contributed by atoms with Gasteiger partial charge in [-0.25, -0.2) is 10.2 Å². The number of aromatic nitrogens is 1. The second kappa shape index (κ2) is 13.0. The van der Waals surface area contributed by atoms with Crippen LogP contribution < -0.4 is 29.3 Å². The van der Waals surface area contributed by atoms with Crippen molar-refractivity contribution in [2.24, 2.45) is 5.10 Å². The van der Waals surface area contributed by atoms with Crippen molar-refractivity contribution in [1.29, 1.82) is 0 Å². The Balaban J connectivity index is 1.40. The monoisotopic (exact) mass is 592 g/mol. The molecule has 2 N–H and O–H groups in total. The summed E-state index contributed by atoms with van der Waals surface area (Å²) in [7, 11) is 8.35. The molecule has 0 spiro atoms. The minimum Gasteiger partial charge on any atom is -0.493 e. The van der Waals surface area contributed by atoms with Gasteiger partial charge in [-0.15, -0.1) is 0 Å². The van der Waals surface area contributed by atoms with Crippen LogP contribution in [0.25, 0.3) is 22.0 Å². The fraction of sp³-hybridized carbons (Fsp3) is 0.147. The molecule has 224 valence electrons. The van der Waals surface area contributed by atoms with Crippen molar-refractivity contribution in [3.8, 4) is 34.1 Å². The third kappa shape index (κ3) is 6.05. The summed E-state index contributed by atoms with van der Waals surface area (Å²) in [6.45, 7) is 0. The fourth-order valence-corrected chi connectivity index (χ4v) is 4.79. The lowest BCUT2D eigenvalue weighted by molar-refractivity contribution is 0.0733. The van der Waals surface area contributed by atoms with E-state index in [0.29, 0.717) is 28.5 Å². The van der Waals surface area contributed by atoms with E-state index in [0.717, 1.165) is 27.7 Å². The number of amides is 1. The van der Waals surface area contributed by atoms with Crippen molar-refractivity contribution in [1.82, 2.24) is 10.4 Å². The summed E-state index contributed by atoms with van der Waals surface area (Å²) in [6.07, 6.45) is 1.42. The molecule has 0 aliphatic rings. The lowest BCUT2D eigenvalue weighted by Gasteiger charge is -2.14. The first-order chi connectivity index (χ1) is 21.3.